The summed E-state index contributed by atoms with van der Waals surface area (Å²) in [5, 5.41) is 3.02. The zero-order valence-corrected chi connectivity index (χ0v) is 15.7. The van der Waals surface area contributed by atoms with Crippen molar-refractivity contribution in [2.75, 3.05) is 13.2 Å². The molecule has 0 spiro atoms. The van der Waals surface area contributed by atoms with Crippen LogP contribution < -0.4 is 20.5 Å². The molecule has 144 valence electrons. The number of carbonyl (C=O) groups excluding carboxylic acids is 1. The van der Waals surface area contributed by atoms with Gasteiger partial charge in [-0.1, -0.05) is 6.42 Å². The van der Waals surface area contributed by atoms with Crippen LogP contribution in [0.2, 0.25) is 0 Å². The SMILES string of the molecule is CCOc1ccc(Oc2cc(CNC(=O)[C@@H]3CCC[C@@H]3CN)ccn2)cc1. The molecule has 2 aromatic rings. The van der Waals surface area contributed by atoms with Gasteiger partial charge in [0.1, 0.15) is 11.5 Å². The molecule has 6 heteroatoms. The van der Waals surface area contributed by atoms with E-state index in [-0.39, 0.29) is 11.8 Å². The molecule has 1 heterocycles. The van der Waals surface area contributed by atoms with Crippen molar-refractivity contribution in [3.05, 3.63) is 48.2 Å². The maximum Gasteiger partial charge on any atom is 0.223 e. The highest BCUT2D eigenvalue weighted by atomic mass is 16.5. The Kier molecular flexibility index (Phi) is 6.65. The Balaban J connectivity index is 1.56. The molecule has 6 nitrogen and oxygen atoms in total. The summed E-state index contributed by atoms with van der Waals surface area (Å²) >= 11 is 0. The van der Waals surface area contributed by atoms with Crippen LogP contribution in [0.25, 0.3) is 0 Å². The highest BCUT2D eigenvalue weighted by Crippen LogP contribution is 2.31. The Hall–Kier alpha value is -2.60. The van der Waals surface area contributed by atoms with Gasteiger partial charge in [-0.2, -0.15) is 0 Å². The fourth-order valence-electron chi connectivity index (χ4n) is 3.49. The molecule has 1 aliphatic rings. The molecule has 2 atom stereocenters. The van der Waals surface area contributed by atoms with Crippen LogP contribution in [0.4, 0.5) is 0 Å². The Morgan fingerprint density at radius 2 is 2.00 bits per heavy atom. The molecule has 3 N–H and O–H groups in total. The molecule has 1 aromatic heterocycles. The number of carbonyl (C=O) groups is 1. The first-order valence-electron chi connectivity index (χ1n) is 9.53. The van der Waals surface area contributed by atoms with Gasteiger partial charge >= 0.3 is 0 Å². The molecule has 0 saturated heterocycles. The molecule has 1 amide bonds. The van der Waals surface area contributed by atoms with Crippen LogP contribution in [0.1, 0.15) is 31.7 Å². The van der Waals surface area contributed by atoms with Crippen molar-refractivity contribution >= 4 is 5.91 Å². The van der Waals surface area contributed by atoms with Gasteiger partial charge in [-0.3, -0.25) is 4.79 Å². The maximum absolute atomic E-state index is 12.4. The van der Waals surface area contributed by atoms with E-state index >= 15 is 0 Å². The summed E-state index contributed by atoms with van der Waals surface area (Å²) in [5.41, 5.74) is 6.72. The van der Waals surface area contributed by atoms with Gasteiger partial charge in [0, 0.05) is 24.7 Å². The minimum atomic E-state index is 0.0383. The largest absolute Gasteiger partial charge is 0.494 e. The van der Waals surface area contributed by atoms with Crippen LogP contribution in [0.3, 0.4) is 0 Å². The quantitative estimate of drug-likeness (QED) is 0.746. The van der Waals surface area contributed by atoms with E-state index in [2.05, 4.69) is 10.3 Å². The van der Waals surface area contributed by atoms with Crippen LogP contribution >= 0.6 is 0 Å². The zero-order valence-electron chi connectivity index (χ0n) is 15.7. The fraction of sp³-hybridized carbons (Fsp3) is 0.429. The summed E-state index contributed by atoms with van der Waals surface area (Å²) in [4.78, 5) is 16.7. The lowest BCUT2D eigenvalue weighted by Crippen LogP contribution is -2.34. The minimum Gasteiger partial charge on any atom is -0.494 e. The number of nitrogens with one attached hydrogen (secondary N) is 1. The van der Waals surface area contributed by atoms with Crippen LogP contribution in [0, 0.1) is 11.8 Å². The number of rotatable bonds is 8. The van der Waals surface area contributed by atoms with E-state index in [0.717, 1.165) is 30.6 Å². The summed E-state index contributed by atoms with van der Waals surface area (Å²) in [7, 11) is 0. The third-order valence-electron chi connectivity index (χ3n) is 4.92. The molecule has 0 bridgehead atoms. The molecule has 3 rings (SSSR count). The van der Waals surface area contributed by atoms with Gasteiger partial charge in [0.15, 0.2) is 0 Å². The van der Waals surface area contributed by atoms with Gasteiger partial charge in [-0.05, 0) is 68.1 Å². The van der Waals surface area contributed by atoms with Crippen molar-refractivity contribution < 1.29 is 14.3 Å². The van der Waals surface area contributed by atoms with Gasteiger partial charge in [-0.15, -0.1) is 0 Å². The Morgan fingerprint density at radius 1 is 1.22 bits per heavy atom. The number of hydrogen-bond donors (Lipinski definition) is 2. The number of nitrogens with two attached hydrogens (primary N) is 1. The Morgan fingerprint density at radius 3 is 2.74 bits per heavy atom. The number of benzene rings is 1. The lowest BCUT2D eigenvalue weighted by molar-refractivity contribution is -0.126. The van der Waals surface area contributed by atoms with E-state index in [0.29, 0.717) is 37.2 Å². The van der Waals surface area contributed by atoms with Crippen molar-refractivity contribution in [1.29, 1.82) is 0 Å². The van der Waals surface area contributed by atoms with Gasteiger partial charge in [-0.25, -0.2) is 4.98 Å². The Bertz CT molecular complexity index is 749. The number of ether oxygens (including phenoxy) is 2. The van der Waals surface area contributed by atoms with E-state index < -0.39 is 0 Å². The second kappa shape index (κ2) is 9.37. The van der Waals surface area contributed by atoms with Gasteiger partial charge in [0.05, 0.1) is 6.61 Å². The second-order valence-corrected chi connectivity index (χ2v) is 6.76. The smallest absolute Gasteiger partial charge is 0.223 e. The summed E-state index contributed by atoms with van der Waals surface area (Å²) in [6.07, 6.45) is 4.74. The summed E-state index contributed by atoms with van der Waals surface area (Å²) < 4.78 is 11.2. The van der Waals surface area contributed by atoms with Crippen LogP contribution in [0.15, 0.2) is 42.6 Å². The lowest BCUT2D eigenvalue weighted by atomic mass is 9.95. The zero-order chi connectivity index (χ0) is 19.1. The molecular formula is C21H27N3O3. The minimum absolute atomic E-state index is 0.0383. The molecule has 1 fully saturated rings. The van der Waals surface area contributed by atoms with Crippen molar-refractivity contribution in [2.45, 2.75) is 32.7 Å². The highest BCUT2D eigenvalue weighted by molar-refractivity contribution is 5.79. The number of nitrogens with zero attached hydrogens (tertiary/aromatic N) is 1. The van der Waals surface area contributed by atoms with E-state index in [4.69, 9.17) is 15.2 Å². The highest BCUT2D eigenvalue weighted by Gasteiger charge is 2.31. The van der Waals surface area contributed by atoms with E-state index in [1.54, 1.807) is 6.20 Å². The average molecular weight is 369 g/mol. The molecule has 0 unspecified atom stereocenters. The maximum atomic E-state index is 12.4. The number of hydrogen-bond acceptors (Lipinski definition) is 5. The molecular weight excluding hydrogens is 342 g/mol. The number of amides is 1. The van der Waals surface area contributed by atoms with Crippen LogP contribution in [0.5, 0.6) is 17.4 Å². The van der Waals surface area contributed by atoms with Crippen molar-refractivity contribution in [3.8, 4) is 17.4 Å². The summed E-state index contributed by atoms with van der Waals surface area (Å²) in [6.45, 7) is 3.60. The summed E-state index contributed by atoms with van der Waals surface area (Å²) in [5.74, 6) is 2.42. The molecule has 0 radical (unpaired) electrons. The van der Waals surface area contributed by atoms with E-state index in [1.165, 1.54) is 0 Å². The Labute approximate surface area is 160 Å². The standard InChI is InChI=1S/C21H27N3O3/c1-2-26-17-6-8-18(9-7-17)27-20-12-15(10-11-23-20)14-24-21(25)19-5-3-4-16(19)13-22/h6-12,16,19H,2-5,13-14,22H2,1H3,(H,24,25)/t16-,19-/m1/s1. The summed E-state index contributed by atoms with van der Waals surface area (Å²) in [6, 6.07) is 11.1. The van der Waals surface area contributed by atoms with E-state index in [1.807, 2.05) is 43.3 Å². The normalized spacial score (nSPS) is 18.9. The first-order chi connectivity index (χ1) is 13.2. The number of aromatic nitrogens is 1. The predicted molar refractivity (Wildman–Crippen MR) is 104 cm³/mol. The molecule has 27 heavy (non-hydrogen) atoms. The second-order valence-electron chi connectivity index (χ2n) is 6.76. The van der Waals surface area contributed by atoms with Crippen molar-refractivity contribution in [1.82, 2.24) is 10.3 Å². The average Bonchev–Trinajstić information content (AvgIpc) is 3.17. The van der Waals surface area contributed by atoms with Crippen molar-refractivity contribution in [3.63, 3.8) is 0 Å². The number of pyridine rings is 1. The molecule has 1 aliphatic carbocycles. The first-order valence-corrected chi connectivity index (χ1v) is 9.53. The fourth-order valence-corrected chi connectivity index (χ4v) is 3.49. The lowest BCUT2D eigenvalue weighted by Gasteiger charge is -2.17. The third-order valence-corrected chi connectivity index (χ3v) is 4.92. The van der Waals surface area contributed by atoms with Gasteiger partial charge in [0.2, 0.25) is 11.8 Å². The first kappa shape index (κ1) is 19.2. The van der Waals surface area contributed by atoms with E-state index in [9.17, 15) is 4.79 Å². The van der Waals surface area contributed by atoms with Gasteiger partial charge < -0.3 is 20.5 Å². The molecule has 1 saturated carbocycles. The predicted octanol–water partition coefficient (Wildman–Crippen LogP) is 3.26. The van der Waals surface area contributed by atoms with Crippen molar-refractivity contribution in [2.24, 2.45) is 17.6 Å². The van der Waals surface area contributed by atoms with Crippen LogP contribution in [-0.2, 0) is 11.3 Å². The molecule has 1 aromatic carbocycles. The third kappa shape index (κ3) is 5.20. The monoisotopic (exact) mass is 369 g/mol. The van der Waals surface area contributed by atoms with Gasteiger partial charge in [0.25, 0.3) is 0 Å². The topological polar surface area (TPSA) is 86.5 Å². The molecule has 0 aliphatic heterocycles. The van der Waals surface area contributed by atoms with Crippen LogP contribution in [-0.4, -0.2) is 24.0 Å².